The van der Waals surface area contributed by atoms with Crippen molar-refractivity contribution in [2.24, 2.45) is 5.73 Å². The summed E-state index contributed by atoms with van der Waals surface area (Å²) in [5.74, 6) is -0.418. The normalized spacial score (nSPS) is 13.1. The number of nitrogens with zero attached hydrogens (tertiary/aromatic N) is 1. The van der Waals surface area contributed by atoms with Crippen LogP contribution < -0.4 is 11.1 Å². The van der Waals surface area contributed by atoms with E-state index in [1.807, 2.05) is 61.5 Å². The summed E-state index contributed by atoms with van der Waals surface area (Å²) in [6, 6.07) is 16.8. The summed E-state index contributed by atoms with van der Waals surface area (Å²) in [6.07, 6.45) is -1.90. The van der Waals surface area contributed by atoms with Crippen molar-refractivity contribution in [2.75, 3.05) is 0 Å². The minimum Gasteiger partial charge on any atom is -0.436 e. The number of nitrogens with one attached hydrogen (secondary N) is 2. The molecule has 26 heavy (non-hydrogen) atoms. The van der Waals surface area contributed by atoms with Gasteiger partial charge in [0.15, 0.2) is 6.10 Å². The van der Waals surface area contributed by atoms with Gasteiger partial charge in [-0.1, -0.05) is 48.5 Å². The van der Waals surface area contributed by atoms with Gasteiger partial charge in [0.1, 0.15) is 0 Å². The molecule has 0 bridgehead atoms. The lowest BCUT2D eigenvalue weighted by atomic mass is 10.1. The zero-order valence-electron chi connectivity index (χ0n) is 14.3. The van der Waals surface area contributed by atoms with E-state index in [0.29, 0.717) is 5.69 Å². The van der Waals surface area contributed by atoms with Crippen LogP contribution in [0.3, 0.4) is 0 Å². The summed E-state index contributed by atoms with van der Waals surface area (Å²) in [6.45, 7) is 1.86. The van der Waals surface area contributed by atoms with Gasteiger partial charge in [-0.2, -0.15) is 5.10 Å². The molecule has 3 aromatic rings. The Morgan fingerprint density at radius 3 is 2.58 bits per heavy atom. The highest BCUT2D eigenvalue weighted by atomic mass is 16.6. The summed E-state index contributed by atoms with van der Waals surface area (Å²) < 4.78 is 5.05. The maximum atomic E-state index is 12.6. The monoisotopic (exact) mass is 352 g/mol. The zero-order chi connectivity index (χ0) is 18.5. The molecule has 7 nitrogen and oxygen atoms in total. The van der Waals surface area contributed by atoms with Crippen LogP contribution in [0.15, 0.2) is 54.6 Å². The van der Waals surface area contributed by atoms with E-state index in [2.05, 4.69) is 15.5 Å². The predicted octanol–water partition coefficient (Wildman–Crippen LogP) is 2.45. The van der Waals surface area contributed by atoms with E-state index in [4.69, 9.17) is 10.5 Å². The van der Waals surface area contributed by atoms with Crippen LogP contribution >= 0.6 is 0 Å². The van der Waals surface area contributed by atoms with Crippen molar-refractivity contribution in [3.63, 3.8) is 0 Å². The average molecular weight is 352 g/mol. The summed E-state index contributed by atoms with van der Waals surface area (Å²) >= 11 is 0. The van der Waals surface area contributed by atoms with Crippen LogP contribution in [0, 0.1) is 0 Å². The molecule has 0 radical (unpaired) electrons. The van der Waals surface area contributed by atoms with Crippen molar-refractivity contribution >= 4 is 22.9 Å². The van der Waals surface area contributed by atoms with Crippen LogP contribution in [-0.4, -0.2) is 28.3 Å². The van der Waals surface area contributed by atoms with E-state index in [1.54, 1.807) is 0 Å². The molecule has 0 saturated heterocycles. The Morgan fingerprint density at radius 2 is 1.85 bits per heavy atom. The topological polar surface area (TPSA) is 110 Å². The van der Waals surface area contributed by atoms with Crippen LogP contribution in [0.4, 0.5) is 4.79 Å². The van der Waals surface area contributed by atoms with Crippen LogP contribution in [0.5, 0.6) is 0 Å². The van der Waals surface area contributed by atoms with Crippen LogP contribution in [0.2, 0.25) is 0 Å². The molecule has 0 fully saturated rings. The number of amides is 2. The van der Waals surface area contributed by atoms with Crippen LogP contribution in [0.1, 0.15) is 24.2 Å². The van der Waals surface area contributed by atoms with Crippen molar-refractivity contribution in [1.29, 1.82) is 0 Å². The highest BCUT2D eigenvalue weighted by molar-refractivity contribution is 5.86. The Kier molecular flexibility index (Phi) is 5.17. The maximum Gasteiger partial charge on any atom is 0.405 e. The number of carbonyl (C=O) groups excluding carboxylic acids is 2. The molecule has 0 unspecified atom stereocenters. The van der Waals surface area contributed by atoms with Crippen molar-refractivity contribution in [1.82, 2.24) is 15.5 Å². The molecule has 1 aromatic heterocycles. The molecule has 0 aliphatic rings. The molecule has 2 atom stereocenters. The summed E-state index contributed by atoms with van der Waals surface area (Å²) in [5.41, 5.74) is 7.58. The summed E-state index contributed by atoms with van der Waals surface area (Å²) in [4.78, 5) is 23.9. The minimum absolute atomic E-state index is 0.150. The van der Waals surface area contributed by atoms with Crippen molar-refractivity contribution < 1.29 is 14.3 Å². The average Bonchev–Trinajstić information content (AvgIpc) is 3.04. The second-order valence-corrected chi connectivity index (χ2v) is 5.99. The number of ether oxygens (including phenoxy) is 1. The Balaban J connectivity index is 1.77. The van der Waals surface area contributed by atoms with Crippen molar-refractivity contribution in [2.45, 2.75) is 25.5 Å². The smallest absolute Gasteiger partial charge is 0.405 e. The molecule has 0 aliphatic heterocycles. The first kappa shape index (κ1) is 17.5. The quantitative estimate of drug-likeness (QED) is 0.633. The zero-order valence-corrected chi connectivity index (χ0v) is 14.3. The van der Waals surface area contributed by atoms with Crippen molar-refractivity contribution in [3.8, 4) is 0 Å². The van der Waals surface area contributed by atoms with Gasteiger partial charge in [0.2, 0.25) is 0 Å². The number of nitrogens with two attached hydrogens (primary N) is 1. The number of fused-ring (bicyclic) bond motifs is 1. The Morgan fingerprint density at radius 1 is 1.15 bits per heavy atom. The SMILES string of the molecule is C[C@H](NC(=O)[C@@H](Cc1[nH]nc2ccccc12)OC(N)=O)c1ccccc1. The number of carbonyl (C=O) groups is 2. The lowest BCUT2D eigenvalue weighted by Crippen LogP contribution is -2.41. The highest BCUT2D eigenvalue weighted by Crippen LogP contribution is 2.18. The maximum absolute atomic E-state index is 12.6. The van der Waals surface area contributed by atoms with E-state index in [-0.39, 0.29) is 12.5 Å². The molecular weight excluding hydrogens is 332 g/mol. The lowest BCUT2D eigenvalue weighted by Gasteiger charge is -2.20. The van der Waals surface area contributed by atoms with E-state index in [9.17, 15) is 9.59 Å². The Bertz CT molecular complexity index is 907. The number of hydrogen-bond acceptors (Lipinski definition) is 4. The second-order valence-electron chi connectivity index (χ2n) is 5.99. The number of aromatic amines is 1. The van der Waals surface area contributed by atoms with E-state index in [0.717, 1.165) is 16.5 Å². The number of primary amides is 1. The number of rotatable bonds is 6. The molecule has 7 heteroatoms. The summed E-state index contributed by atoms with van der Waals surface area (Å²) in [5, 5.41) is 10.8. The first-order valence-electron chi connectivity index (χ1n) is 8.28. The van der Waals surface area contributed by atoms with Crippen LogP contribution in [0.25, 0.3) is 10.9 Å². The largest absolute Gasteiger partial charge is 0.436 e. The molecule has 1 heterocycles. The molecule has 4 N–H and O–H groups in total. The van der Waals surface area contributed by atoms with Gasteiger partial charge in [0.25, 0.3) is 5.91 Å². The van der Waals surface area contributed by atoms with Gasteiger partial charge in [-0.3, -0.25) is 9.89 Å². The third kappa shape index (κ3) is 4.00. The fourth-order valence-corrected chi connectivity index (χ4v) is 2.81. The Hall–Kier alpha value is -3.35. The third-order valence-electron chi connectivity index (χ3n) is 4.14. The van der Waals surface area contributed by atoms with Crippen LogP contribution in [-0.2, 0) is 16.0 Å². The van der Waals surface area contributed by atoms with Gasteiger partial charge in [-0.15, -0.1) is 0 Å². The number of benzene rings is 2. The van der Waals surface area contributed by atoms with Gasteiger partial charge >= 0.3 is 6.09 Å². The van der Waals surface area contributed by atoms with E-state index >= 15 is 0 Å². The molecule has 2 aromatic carbocycles. The van der Waals surface area contributed by atoms with Crippen molar-refractivity contribution in [3.05, 3.63) is 65.9 Å². The summed E-state index contributed by atoms with van der Waals surface area (Å²) in [7, 11) is 0. The molecule has 3 rings (SSSR count). The van der Waals surface area contributed by atoms with Gasteiger partial charge in [0.05, 0.1) is 11.6 Å². The molecular formula is C19H20N4O3. The second kappa shape index (κ2) is 7.69. The fraction of sp³-hybridized carbons (Fsp3) is 0.211. The third-order valence-corrected chi connectivity index (χ3v) is 4.14. The molecule has 0 saturated carbocycles. The van der Waals surface area contributed by atoms with E-state index in [1.165, 1.54) is 0 Å². The van der Waals surface area contributed by atoms with Gasteiger partial charge in [0, 0.05) is 17.5 Å². The number of H-pyrrole nitrogens is 1. The standard InChI is InChI=1S/C19H20N4O3/c1-12(13-7-3-2-4-8-13)21-18(24)17(26-19(20)25)11-16-14-9-5-6-10-15(14)22-23-16/h2-10,12,17H,11H2,1H3,(H2,20,25)(H,21,24)(H,22,23)/t12-,17+/m0/s1. The van der Waals surface area contributed by atoms with Gasteiger partial charge < -0.3 is 15.8 Å². The molecule has 0 spiro atoms. The minimum atomic E-state index is -1.05. The van der Waals surface area contributed by atoms with E-state index < -0.39 is 18.1 Å². The fourth-order valence-electron chi connectivity index (χ4n) is 2.81. The molecule has 134 valence electrons. The Labute approximate surface area is 150 Å². The highest BCUT2D eigenvalue weighted by Gasteiger charge is 2.25. The van der Waals surface area contributed by atoms with Gasteiger partial charge in [-0.25, -0.2) is 4.79 Å². The number of para-hydroxylation sites is 1. The number of aromatic nitrogens is 2. The van der Waals surface area contributed by atoms with Gasteiger partial charge in [-0.05, 0) is 18.6 Å². The first-order valence-corrected chi connectivity index (χ1v) is 8.28. The molecule has 0 aliphatic carbocycles. The lowest BCUT2D eigenvalue weighted by molar-refractivity contribution is -0.130. The number of hydrogen-bond donors (Lipinski definition) is 3. The molecule has 2 amide bonds. The predicted molar refractivity (Wildman–Crippen MR) is 97.3 cm³/mol. The first-order chi connectivity index (χ1) is 12.5.